The van der Waals surface area contributed by atoms with Gasteiger partial charge in [0.2, 0.25) is 11.6 Å². The van der Waals surface area contributed by atoms with Gasteiger partial charge < -0.3 is 4.74 Å². The van der Waals surface area contributed by atoms with Crippen LogP contribution in [0.1, 0.15) is 26.7 Å². The summed E-state index contributed by atoms with van der Waals surface area (Å²) in [4.78, 5) is 40.7. The second-order valence-electron chi connectivity index (χ2n) is 5.99. The molecule has 2 atom stereocenters. The van der Waals surface area contributed by atoms with Gasteiger partial charge >= 0.3 is 5.97 Å². The van der Waals surface area contributed by atoms with E-state index >= 15 is 0 Å². The Kier molecular flexibility index (Phi) is 2.58. The highest BCUT2D eigenvalue weighted by Gasteiger charge is 2.73. The number of aromatic nitrogens is 1. The Bertz CT molecular complexity index is 608. The predicted molar refractivity (Wildman–Crippen MR) is 68.8 cm³/mol. The number of carbonyl (C=O) groups excluding carboxylic acids is 3. The number of hydrogen-bond acceptors (Lipinski definition) is 5. The Morgan fingerprint density at radius 3 is 2.70 bits per heavy atom. The average Bonchev–Trinajstić information content (AvgIpc) is 2.76. The minimum Gasteiger partial charge on any atom is -0.424 e. The van der Waals surface area contributed by atoms with Gasteiger partial charge in [-0.15, -0.1) is 0 Å². The Hall–Kier alpha value is -2.04. The summed E-state index contributed by atoms with van der Waals surface area (Å²) in [6, 6.07) is 3.24. The van der Waals surface area contributed by atoms with Crippen molar-refractivity contribution in [1.82, 2.24) is 4.98 Å². The zero-order valence-electron chi connectivity index (χ0n) is 11.4. The highest BCUT2D eigenvalue weighted by atomic mass is 16.5. The van der Waals surface area contributed by atoms with E-state index in [0.717, 1.165) is 0 Å². The Balaban J connectivity index is 1.98. The lowest BCUT2D eigenvalue weighted by atomic mass is 9.69. The molecule has 0 saturated heterocycles. The van der Waals surface area contributed by atoms with Gasteiger partial charge in [0.05, 0.1) is 6.20 Å². The monoisotopic (exact) mass is 273 g/mol. The second-order valence-corrected chi connectivity index (χ2v) is 5.99. The van der Waals surface area contributed by atoms with Crippen molar-refractivity contribution in [1.29, 1.82) is 0 Å². The molecule has 0 N–H and O–H groups in total. The first-order chi connectivity index (χ1) is 9.41. The van der Waals surface area contributed by atoms with Gasteiger partial charge in [-0.2, -0.15) is 0 Å². The van der Waals surface area contributed by atoms with Crippen molar-refractivity contribution in [3.8, 4) is 5.75 Å². The molecule has 3 rings (SSSR count). The van der Waals surface area contributed by atoms with Crippen LogP contribution in [0.5, 0.6) is 5.75 Å². The fourth-order valence-electron chi connectivity index (χ4n) is 3.63. The van der Waals surface area contributed by atoms with Crippen molar-refractivity contribution < 1.29 is 19.1 Å². The molecule has 1 heterocycles. The molecule has 0 aliphatic heterocycles. The highest BCUT2D eigenvalue weighted by Crippen LogP contribution is 2.62. The van der Waals surface area contributed by atoms with Gasteiger partial charge in [0.1, 0.15) is 11.2 Å². The van der Waals surface area contributed by atoms with Gasteiger partial charge in [0.25, 0.3) is 0 Å². The fourth-order valence-corrected chi connectivity index (χ4v) is 3.63. The summed E-state index contributed by atoms with van der Waals surface area (Å²) in [6.45, 7) is 3.61. The first kappa shape index (κ1) is 13.0. The maximum Gasteiger partial charge on any atom is 0.326 e. The van der Waals surface area contributed by atoms with E-state index < -0.39 is 28.4 Å². The van der Waals surface area contributed by atoms with Crippen LogP contribution in [0.2, 0.25) is 0 Å². The number of ether oxygens (including phenoxy) is 1. The van der Waals surface area contributed by atoms with E-state index in [0.29, 0.717) is 18.6 Å². The molecule has 5 nitrogen and oxygen atoms in total. The molecular weight excluding hydrogens is 258 g/mol. The van der Waals surface area contributed by atoms with Crippen molar-refractivity contribution in [3.63, 3.8) is 0 Å². The number of hydrogen-bond donors (Lipinski definition) is 0. The number of carbonyl (C=O) groups is 3. The maximum atomic E-state index is 12.5. The van der Waals surface area contributed by atoms with Crippen LogP contribution in [0, 0.1) is 16.7 Å². The van der Waals surface area contributed by atoms with Crippen LogP contribution < -0.4 is 4.74 Å². The molecule has 2 unspecified atom stereocenters. The van der Waals surface area contributed by atoms with Crippen molar-refractivity contribution >= 4 is 17.5 Å². The van der Waals surface area contributed by atoms with E-state index in [9.17, 15) is 14.4 Å². The summed E-state index contributed by atoms with van der Waals surface area (Å²) in [5.74, 6) is -1.72. The lowest BCUT2D eigenvalue weighted by molar-refractivity contribution is -0.157. The molecule has 5 heteroatoms. The number of Topliss-reactive ketones (excluding diaryl/α,β-unsaturated/α-hetero) is 2. The van der Waals surface area contributed by atoms with Crippen molar-refractivity contribution in [3.05, 3.63) is 24.5 Å². The van der Waals surface area contributed by atoms with Gasteiger partial charge in [-0.1, -0.05) is 13.8 Å². The third kappa shape index (κ3) is 1.38. The molecule has 2 bridgehead atoms. The first-order valence-electron chi connectivity index (χ1n) is 6.62. The maximum absolute atomic E-state index is 12.5. The summed E-state index contributed by atoms with van der Waals surface area (Å²) in [5.41, 5.74) is -2.01. The van der Waals surface area contributed by atoms with Gasteiger partial charge in [0, 0.05) is 12.1 Å². The number of rotatable bonds is 2. The highest BCUT2D eigenvalue weighted by molar-refractivity contribution is 6.47. The molecule has 20 heavy (non-hydrogen) atoms. The van der Waals surface area contributed by atoms with E-state index in [1.54, 1.807) is 32.2 Å². The molecule has 1 aromatic rings. The van der Waals surface area contributed by atoms with Gasteiger partial charge in [0.15, 0.2) is 0 Å². The summed E-state index contributed by atoms with van der Waals surface area (Å²) in [5, 5.41) is 0. The summed E-state index contributed by atoms with van der Waals surface area (Å²) in [7, 11) is 0. The van der Waals surface area contributed by atoms with Gasteiger partial charge in [-0.25, -0.2) is 0 Å². The van der Waals surface area contributed by atoms with Gasteiger partial charge in [-0.3, -0.25) is 19.4 Å². The SMILES string of the molecule is CC1(C)C2CCC1(C(=O)Oc1cccnc1)C(=O)C2=O. The molecule has 0 aromatic carbocycles. The average molecular weight is 273 g/mol. The van der Waals surface area contributed by atoms with Crippen LogP contribution in [0.3, 0.4) is 0 Å². The predicted octanol–water partition coefficient (Wildman–Crippen LogP) is 1.56. The van der Waals surface area contributed by atoms with Crippen LogP contribution in [-0.2, 0) is 14.4 Å². The fraction of sp³-hybridized carbons (Fsp3) is 0.467. The Morgan fingerprint density at radius 1 is 1.40 bits per heavy atom. The molecule has 0 radical (unpaired) electrons. The second kappa shape index (κ2) is 3.98. The zero-order valence-corrected chi connectivity index (χ0v) is 11.4. The molecule has 2 aliphatic rings. The number of ketones is 2. The lowest BCUT2D eigenvalue weighted by Gasteiger charge is -2.32. The first-order valence-corrected chi connectivity index (χ1v) is 6.62. The number of nitrogens with zero attached hydrogens (tertiary/aromatic N) is 1. The summed E-state index contributed by atoms with van der Waals surface area (Å²) >= 11 is 0. The number of esters is 1. The number of pyridine rings is 1. The molecule has 2 saturated carbocycles. The van der Waals surface area contributed by atoms with Crippen LogP contribution in [0.15, 0.2) is 24.5 Å². The molecular formula is C15H15NO4. The van der Waals surface area contributed by atoms with E-state index in [2.05, 4.69) is 4.98 Å². The topological polar surface area (TPSA) is 73.3 Å². The van der Waals surface area contributed by atoms with Crippen molar-refractivity contribution in [2.75, 3.05) is 0 Å². The van der Waals surface area contributed by atoms with Crippen LogP contribution >= 0.6 is 0 Å². The lowest BCUT2D eigenvalue weighted by Crippen LogP contribution is -2.46. The largest absolute Gasteiger partial charge is 0.424 e. The van der Waals surface area contributed by atoms with Gasteiger partial charge in [-0.05, 0) is 30.4 Å². The van der Waals surface area contributed by atoms with Crippen LogP contribution in [-0.4, -0.2) is 22.5 Å². The standard InChI is InChI=1S/C15H15NO4/c1-14(2)10-5-6-15(14,12(18)11(10)17)13(19)20-9-4-3-7-16-8-9/h3-4,7-8,10H,5-6H2,1-2H3. The molecule has 0 amide bonds. The molecule has 1 aromatic heterocycles. The van der Waals surface area contributed by atoms with E-state index in [1.807, 2.05) is 0 Å². The molecule has 0 spiro atoms. The van der Waals surface area contributed by atoms with E-state index in [4.69, 9.17) is 4.74 Å². The summed E-state index contributed by atoms with van der Waals surface area (Å²) < 4.78 is 5.30. The van der Waals surface area contributed by atoms with Crippen molar-refractivity contribution in [2.24, 2.45) is 16.7 Å². The third-order valence-electron chi connectivity index (χ3n) is 4.90. The molecule has 104 valence electrons. The Morgan fingerprint density at radius 2 is 2.15 bits per heavy atom. The minimum atomic E-state index is -1.33. The molecule has 2 fully saturated rings. The third-order valence-corrected chi connectivity index (χ3v) is 4.90. The van der Waals surface area contributed by atoms with E-state index in [1.165, 1.54) is 6.20 Å². The number of fused-ring (bicyclic) bond motifs is 2. The normalized spacial score (nSPS) is 30.6. The molecule has 2 aliphatic carbocycles. The minimum absolute atomic E-state index is 0.290. The summed E-state index contributed by atoms with van der Waals surface area (Å²) in [6.07, 6.45) is 3.93. The van der Waals surface area contributed by atoms with E-state index in [-0.39, 0.29) is 5.92 Å². The smallest absolute Gasteiger partial charge is 0.326 e. The van der Waals surface area contributed by atoms with Crippen molar-refractivity contribution in [2.45, 2.75) is 26.7 Å². The Labute approximate surface area is 116 Å². The zero-order chi connectivity index (χ0) is 14.5. The van der Waals surface area contributed by atoms with Crippen LogP contribution in [0.4, 0.5) is 0 Å². The quantitative estimate of drug-likeness (QED) is 0.464. The van der Waals surface area contributed by atoms with Crippen LogP contribution in [0.25, 0.3) is 0 Å².